The van der Waals surface area contributed by atoms with Crippen LogP contribution in [0.5, 0.6) is 0 Å². The van der Waals surface area contributed by atoms with Gasteiger partial charge in [-0.2, -0.15) is 0 Å². The van der Waals surface area contributed by atoms with Gasteiger partial charge in [-0.15, -0.1) is 11.3 Å². The number of aryl methyl sites for hydroxylation is 2. The van der Waals surface area contributed by atoms with Crippen molar-refractivity contribution in [1.29, 1.82) is 0 Å². The third-order valence-corrected chi connectivity index (χ3v) is 4.68. The van der Waals surface area contributed by atoms with Gasteiger partial charge in [-0.25, -0.2) is 9.97 Å². The summed E-state index contributed by atoms with van der Waals surface area (Å²) in [5, 5.41) is 3.10. The van der Waals surface area contributed by atoms with Gasteiger partial charge >= 0.3 is 0 Å². The van der Waals surface area contributed by atoms with E-state index in [1.165, 1.54) is 0 Å². The van der Waals surface area contributed by atoms with Crippen LogP contribution in [0.1, 0.15) is 52.3 Å². The number of carbonyl (C=O) groups excluding carboxylic acids is 1. The molecule has 0 saturated carbocycles. The molecule has 2 aromatic rings. The molecule has 1 N–H and O–H groups in total. The molecule has 1 unspecified atom stereocenters. The van der Waals surface area contributed by atoms with Crippen LogP contribution in [0, 0.1) is 13.8 Å². The Bertz CT molecular complexity index is 618. The lowest BCUT2D eigenvalue weighted by Gasteiger charge is -2.34. The molecular weight excluding hydrogens is 272 g/mol. The van der Waals surface area contributed by atoms with Gasteiger partial charge < -0.3 is 9.88 Å². The van der Waals surface area contributed by atoms with E-state index in [4.69, 9.17) is 0 Å². The molecular formula is C14H18N4OS. The Hall–Kier alpha value is -1.69. The van der Waals surface area contributed by atoms with Crippen molar-refractivity contribution >= 4 is 17.2 Å². The third kappa shape index (κ3) is 2.47. The predicted octanol–water partition coefficient (Wildman–Crippen LogP) is 2.85. The first-order valence-corrected chi connectivity index (χ1v) is 7.77. The van der Waals surface area contributed by atoms with Gasteiger partial charge in [0.05, 0.1) is 12.2 Å². The average molecular weight is 290 g/mol. The average Bonchev–Trinajstić information content (AvgIpc) is 3.07. The zero-order valence-corrected chi connectivity index (χ0v) is 12.5. The highest BCUT2D eigenvalue weighted by molar-refractivity contribution is 7.09. The summed E-state index contributed by atoms with van der Waals surface area (Å²) in [6.07, 6.45) is 4.82. The van der Waals surface area contributed by atoms with Crippen LogP contribution in [0.25, 0.3) is 0 Å². The second-order valence-electron chi connectivity index (χ2n) is 5.22. The van der Waals surface area contributed by atoms with Crippen LogP contribution in [0.15, 0.2) is 11.6 Å². The number of H-pyrrole nitrogens is 1. The van der Waals surface area contributed by atoms with E-state index < -0.39 is 0 Å². The van der Waals surface area contributed by atoms with E-state index >= 15 is 0 Å². The van der Waals surface area contributed by atoms with Crippen molar-refractivity contribution in [1.82, 2.24) is 19.9 Å². The number of piperidine rings is 1. The highest BCUT2D eigenvalue weighted by Crippen LogP contribution is 2.33. The fourth-order valence-corrected chi connectivity index (χ4v) is 3.58. The molecule has 6 heteroatoms. The number of amides is 1. The number of nitrogens with zero attached hydrogens (tertiary/aromatic N) is 3. The molecule has 0 spiro atoms. The fraction of sp³-hybridized carbons (Fsp3) is 0.500. The van der Waals surface area contributed by atoms with Gasteiger partial charge in [-0.1, -0.05) is 0 Å². The smallest absolute Gasteiger partial charge is 0.272 e. The van der Waals surface area contributed by atoms with Crippen molar-refractivity contribution in [3.8, 4) is 0 Å². The molecule has 20 heavy (non-hydrogen) atoms. The van der Waals surface area contributed by atoms with Crippen molar-refractivity contribution < 1.29 is 4.79 Å². The van der Waals surface area contributed by atoms with Gasteiger partial charge in [0.1, 0.15) is 16.5 Å². The number of likely N-dealkylation sites (tertiary alicyclic amines) is 1. The quantitative estimate of drug-likeness (QED) is 0.925. The molecule has 1 atom stereocenters. The largest absolute Gasteiger partial charge is 0.338 e. The molecule has 0 bridgehead atoms. The number of hydrogen-bond acceptors (Lipinski definition) is 4. The van der Waals surface area contributed by atoms with E-state index in [1.54, 1.807) is 17.5 Å². The molecule has 0 aliphatic carbocycles. The summed E-state index contributed by atoms with van der Waals surface area (Å²) in [5.74, 6) is 0.801. The summed E-state index contributed by atoms with van der Waals surface area (Å²) in [7, 11) is 0. The molecule has 1 fully saturated rings. The van der Waals surface area contributed by atoms with E-state index in [-0.39, 0.29) is 11.9 Å². The number of hydrogen-bond donors (Lipinski definition) is 1. The standard InChI is InChI=1S/C14H18N4OS/c1-9-8-20-13(16-9)12-5-3-4-6-18(12)14(19)11-7-15-10(2)17-11/h7-8,12H,3-6H2,1-2H3,(H,15,17). The molecule has 3 rings (SSSR count). The number of carbonyl (C=O) groups is 1. The van der Waals surface area contributed by atoms with E-state index in [0.717, 1.165) is 42.3 Å². The normalized spacial score (nSPS) is 19.3. The number of aromatic nitrogens is 3. The Morgan fingerprint density at radius 3 is 2.95 bits per heavy atom. The van der Waals surface area contributed by atoms with Crippen molar-refractivity contribution in [3.05, 3.63) is 33.8 Å². The van der Waals surface area contributed by atoms with Crippen LogP contribution in [-0.4, -0.2) is 32.3 Å². The molecule has 2 aromatic heterocycles. The lowest BCUT2D eigenvalue weighted by atomic mass is 10.0. The molecule has 1 saturated heterocycles. The summed E-state index contributed by atoms with van der Waals surface area (Å²) in [4.78, 5) is 26.3. The maximum absolute atomic E-state index is 12.6. The molecule has 1 aliphatic rings. The molecule has 1 amide bonds. The molecule has 0 radical (unpaired) electrons. The molecule has 1 aliphatic heterocycles. The summed E-state index contributed by atoms with van der Waals surface area (Å²) < 4.78 is 0. The minimum Gasteiger partial charge on any atom is -0.338 e. The van der Waals surface area contributed by atoms with Gasteiger partial charge in [-0.3, -0.25) is 4.79 Å². The van der Waals surface area contributed by atoms with E-state index in [9.17, 15) is 4.79 Å². The molecule has 5 nitrogen and oxygen atoms in total. The number of aromatic amines is 1. The first kappa shape index (κ1) is 13.3. The minimum atomic E-state index is 0.0307. The molecule has 3 heterocycles. The van der Waals surface area contributed by atoms with Crippen molar-refractivity contribution in [2.45, 2.75) is 39.2 Å². The highest BCUT2D eigenvalue weighted by Gasteiger charge is 2.31. The Balaban J connectivity index is 1.87. The number of thiazole rings is 1. The number of imidazole rings is 1. The fourth-order valence-electron chi connectivity index (χ4n) is 2.64. The second kappa shape index (κ2) is 5.36. The second-order valence-corrected chi connectivity index (χ2v) is 6.11. The first-order chi connectivity index (χ1) is 9.65. The Morgan fingerprint density at radius 1 is 1.45 bits per heavy atom. The number of rotatable bonds is 2. The van der Waals surface area contributed by atoms with Gasteiger partial charge in [0.15, 0.2) is 0 Å². The molecule has 106 valence electrons. The van der Waals surface area contributed by atoms with Gasteiger partial charge in [0.2, 0.25) is 0 Å². The van der Waals surface area contributed by atoms with Gasteiger partial charge in [0, 0.05) is 17.6 Å². The molecule has 0 aromatic carbocycles. The summed E-state index contributed by atoms with van der Waals surface area (Å²) >= 11 is 1.65. The summed E-state index contributed by atoms with van der Waals surface area (Å²) in [5.41, 5.74) is 1.60. The van der Waals surface area contributed by atoms with Crippen molar-refractivity contribution in [3.63, 3.8) is 0 Å². The van der Waals surface area contributed by atoms with Crippen LogP contribution in [0.3, 0.4) is 0 Å². The van der Waals surface area contributed by atoms with Crippen LogP contribution in [0.4, 0.5) is 0 Å². The monoisotopic (exact) mass is 290 g/mol. The van der Waals surface area contributed by atoms with Gasteiger partial charge in [-0.05, 0) is 33.1 Å². The van der Waals surface area contributed by atoms with E-state index in [0.29, 0.717) is 5.69 Å². The maximum Gasteiger partial charge on any atom is 0.272 e. The van der Waals surface area contributed by atoms with Gasteiger partial charge in [0.25, 0.3) is 5.91 Å². The first-order valence-electron chi connectivity index (χ1n) is 6.90. The third-order valence-electron chi connectivity index (χ3n) is 3.62. The van der Waals surface area contributed by atoms with E-state index in [2.05, 4.69) is 15.0 Å². The lowest BCUT2D eigenvalue weighted by molar-refractivity contribution is 0.0605. The SMILES string of the molecule is Cc1csc(C2CCCCN2C(=O)c2cnc(C)[nH]2)n1. The van der Waals surface area contributed by atoms with Crippen LogP contribution < -0.4 is 0 Å². The Kier molecular flexibility index (Phi) is 3.56. The lowest BCUT2D eigenvalue weighted by Crippen LogP contribution is -2.38. The Labute approximate surface area is 122 Å². The predicted molar refractivity (Wildman–Crippen MR) is 77.8 cm³/mol. The van der Waals surface area contributed by atoms with Crippen LogP contribution >= 0.6 is 11.3 Å². The van der Waals surface area contributed by atoms with Crippen LogP contribution in [-0.2, 0) is 0 Å². The highest BCUT2D eigenvalue weighted by atomic mass is 32.1. The summed E-state index contributed by atoms with van der Waals surface area (Å²) in [6, 6.07) is 0.110. The Morgan fingerprint density at radius 2 is 2.30 bits per heavy atom. The minimum absolute atomic E-state index is 0.0307. The van der Waals surface area contributed by atoms with Crippen molar-refractivity contribution in [2.24, 2.45) is 0 Å². The zero-order chi connectivity index (χ0) is 14.1. The zero-order valence-electron chi connectivity index (χ0n) is 11.7. The van der Waals surface area contributed by atoms with Crippen LogP contribution in [0.2, 0.25) is 0 Å². The number of nitrogens with one attached hydrogen (secondary N) is 1. The summed E-state index contributed by atoms with van der Waals surface area (Å²) in [6.45, 7) is 4.64. The maximum atomic E-state index is 12.6. The van der Waals surface area contributed by atoms with Crippen molar-refractivity contribution in [2.75, 3.05) is 6.54 Å². The van der Waals surface area contributed by atoms with E-state index in [1.807, 2.05) is 24.1 Å². The topological polar surface area (TPSA) is 61.9 Å².